The number of anilines is 1. The van der Waals surface area contributed by atoms with Gasteiger partial charge in [0.1, 0.15) is 11.5 Å². The van der Waals surface area contributed by atoms with Crippen molar-refractivity contribution in [3.05, 3.63) is 40.9 Å². The lowest BCUT2D eigenvalue weighted by Gasteiger charge is -2.15. The Bertz CT molecular complexity index is 824. The van der Waals surface area contributed by atoms with Gasteiger partial charge in [0.15, 0.2) is 11.5 Å². The molecule has 0 saturated heterocycles. The van der Waals surface area contributed by atoms with Crippen LogP contribution in [0.4, 0.5) is 5.69 Å². The highest BCUT2D eigenvalue weighted by atomic mass is 35.5. The van der Waals surface area contributed by atoms with E-state index < -0.39 is 0 Å². The molecule has 0 aromatic heterocycles. The van der Waals surface area contributed by atoms with Crippen molar-refractivity contribution >= 4 is 23.2 Å². The van der Waals surface area contributed by atoms with Gasteiger partial charge in [-0.3, -0.25) is 4.79 Å². The van der Waals surface area contributed by atoms with E-state index in [9.17, 15) is 4.79 Å². The lowest BCUT2D eigenvalue weighted by Crippen LogP contribution is -2.13. The highest BCUT2D eigenvalue weighted by Gasteiger charge is 2.19. The lowest BCUT2D eigenvalue weighted by molar-refractivity contribution is 0.102. The highest BCUT2D eigenvalue weighted by molar-refractivity contribution is 6.32. The van der Waals surface area contributed by atoms with Crippen LogP contribution in [0.2, 0.25) is 5.02 Å². The monoisotopic (exact) mass is 391 g/mol. The Labute approximate surface area is 163 Å². The average molecular weight is 392 g/mol. The topological polar surface area (TPSA) is 66.0 Å². The molecule has 1 N–H and O–H groups in total. The average Bonchev–Trinajstić information content (AvgIpc) is 2.90. The zero-order valence-corrected chi connectivity index (χ0v) is 16.1. The van der Waals surface area contributed by atoms with Crippen LogP contribution in [0.5, 0.6) is 23.0 Å². The molecule has 0 unspecified atom stereocenters. The van der Waals surface area contributed by atoms with Gasteiger partial charge in [0.05, 0.1) is 37.1 Å². The van der Waals surface area contributed by atoms with Crippen molar-refractivity contribution < 1.29 is 23.7 Å². The van der Waals surface area contributed by atoms with Crippen molar-refractivity contribution in [3.8, 4) is 23.0 Å². The molecule has 0 spiro atoms. The predicted octanol–water partition coefficient (Wildman–Crippen LogP) is 4.55. The van der Waals surface area contributed by atoms with E-state index in [0.29, 0.717) is 65.7 Å². The van der Waals surface area contributed by atoms with Gasteiger partial charge in [0.2, 0.25) is 0 Å². The van der Waals surface area contributed by atoms with Gasteiger partial charge in [0.25, 0.3) is 5.91 Å². The Morgan fingerprint density at radius 1 is 1.11 bits per heavy atom. The van der Waals surface area contributed by atoms with Gasteiger partial charge in [-0.05, 0) is 38.1 Å². The summed E-state index contributed by atoms with van der Waals surface area (Å²) >= 11 is 6.28. The SMILES string of the molecule is CCOc1ccc(OCC)c(NC(=O)c2cc(Cl)c3c(c2)OCCCO3)c1. The molecule has 6 nitrogen and oxygen atoms in total. The van der Waals surface area contributed by atoms with Gasteiger partial charge in [-0.25, -0.2) is 0 Å². The smallest absolute Gasteiger partial charge is 0.255 e. The minimum Gasteiger partial charge on any atom is -0.494 e. The second-order valence-electron chi connectivity index (χ2n) is 5.81. The molecule has 1 heterocycles. The fourth-order valence-electron chi connectivity index (χ4n) is 2.70. The summed E-state index contributed by atoms with van der Waals surface area (Å²) in [6.45, 7) is 5.82. The molecular weight excluding hydrogens is 370 g/mol. The van der Waals surface area contributed by atoms with Crippen molar-refractivity contribution in [2.24, 2.45) is 0 Å². The number of nitrogens with one attached hydrogen (secondary N) is 1. The number of hydrogen-bond donors (Lipinski definition) is 1. The van der Waals surface area contributed by atoms with Crippen LogP contribution >= 0.6 is 11.6 Å². The van der Waals surface area contributed by atoms with E-state index >= 15 is 0 Å². The first-order valence-electron chi connectivity index (χ1n) is 8.92. The van der Waals surface area contributed by atoms with Crippen molar-refractivity contribution in [2.75, 3.05) is 31.7 Å². The van der Waals surface area contributed by atoms with Crippen molar-refractivity contribution in [1.82, 2.24) is 0 Å². The second kappa shape index (κ2) is 8.86. The van der Waals surface area contributed by atoms with Crippen LogP contribution in [-0.2, 0) is 0 Å². The Kier molecular flexibility index (Phi) is 6.29. The molecule has 0 bridgehead atoms. The van der Waals surface area contributed by atoms with Crippen LogP contribution < -0.4 is 24.3 Å². The molecule has 3 rings (SSSR count). The summed E-state index contributed by atoms with van der Waals surface area (Å²) in [6, 6.07) is 8.50. The number of fused-ring (bicyclic) bond motifs is 1. The number of halogens is 1. The van der Waals surface area contributed by atoms with E-state index in [2.05, 4.69) is 5.32 Å². The summed E-state index contributed by atoms with van der Waals surface area (Å²) in [5, 5.41) is 3.20. The van der Waals surface area contributed by atoms with Crippen LogP contribution in [0, 0.1) is 0 Å². The van der Waals surface area contributed by atoms with Gasteiger partial charge in [-0.15, -0.1) is 0 Å². The zero-order valence-electron chi connectivity index (χ0n) is 15.3. The third kappa shape index (κ3) is 4.57. The maximum absolute atomic E-state index is 12.8. The molecular formula is C20H22ClNO5. The van der Waals surface area contributed by atoms with E-state index in [1.54, 1.807) is 30.3 Å². The molecule has 2 aromatic carbocycles. The summed E-state index contributed by atoms with van der Waals surface area (Å²) in [5.41, 5.74) is 0.893. The number of carbonyl (C=O) groups excluding carboxylic acids is 1. The van der Waals surface area contributed by atoms with Crippen LogP contribution in [-0.4, -0.2) is 32.3 Å². The molecule has 1 aliphatic heterocycles. The maximum Gasteiger partial charge on any atom is 0.255 e. The van der Waals surface area contributed by atoms with Crippen LogP contribution in [0.15, 0.2) is 30.3 Å². The molecule has 0 aliphatic carbocycles. The Hall–Kier alpha value is -2.60. The van der Waals surface area contributed by atoms with Crippen molar-refractivity contribution in [1.29, 1.82) is 0 Å². The molecule has 7 heteroatoms. The van der Waals surface area contributed by atoms with Crippen molar-refractivity contribution in [2.45, 2.75) is 20.3 Å². The number of amides is 1. The van der Waals surface area contributed by atoms with E-state index in [0.717, 1.165) is 6.42 Å². The minimum absolute atomic E-state index is 0.331. The number of carbonyl (C=O) groups is 1. The summed E-state index contributed by atoms with van der Waals surface area (Å²) in [5.74, 6) is 1.82. The first-order chi connectivity index (χ1) is 13.1. The molecule has 0 saturated carbocycles. The standard InChI is InChI=1S/C20H22ClNO5/c1-3-24-14-6-7-17(25-4-2)16(12-14)22-20(23)13-10-15(21)19-18(11-13)26-8-5-9-27-19/h6-7,10-12H,3-5,8-9H2,1-2H3,(H,22,23). The number of hydrogen-bond acceptors (Lipinski definition) is 5. The fraction of sp³-hybridized carbons (Fsp3) is 0.350. The number of benzene rings is 2. The van der Waals surface area contributed by atoms with Gasteiger partial charge in [0, 0.05) is 18.1 Å². The summed E-state index contributed by atoms with van der Waals surface area (Å²) in [4.78, 5) is 12.8. The molecule has 2 aromatic rings. The molecule has 0 atom stereocenters. The van der Waals surface area contributed by atoms with E-state index in [1.165, 1.54) is 0 Å². The fourth-order valence-corrected chi connectivity index (χ4v) is 2.97. The van der Waals surface area contributed by atoms with Crippen LogP contribution in [0.25, 0.3) is 0 Å². The predicted molar refractivity (Wildman–Crippen MR) is 104 cm³/mol. The third-order valence-electron chi connectivity index (χ3n) is 3.87. The Morgan fingerprint density at radius 3 is 2.67 bits per heavy atom. The largest absolute Gasteiger partial charge is 0.494 e. The number of ether oxygens (including phenoxy) is 4. The van der Waals surface area contributed by atoms with Crippen LogP contribution in [0.3, 0.4) is 0 Å². The molecule has 0 fully saturated rings. The second-order valence-corrected chi connectivity index (χ2v) is 6.22. The van der Waals surface area contributed by atoms with Gasteiger partial charge >= 0.3 is 0 Å². The molecule has 144 valence electrons. The highest BCUT2D eigenvalue weighted by Crippen LogP contribution is 2.38. The molecule has 0 radical (unpaired) electrons. The normalized spacial score (nSPS) is 12.9. The van der Waals surface area contributed by atoms with E-state index in [-0.39, 0.29) is 5.91 Å². The van der Waals surface area contributed by atoms with Gasteiger partial charge < -0.3 is 24.3 Å². The molecule has 1 amide bonds. The summed E-state index contributed by atoms with van der Waals surface area (Å²) in [7, 11) is 0. The third-order valence-corrected chi connectivity index (χ3v) is 4.16. The van der Waals surface area contributed by atoms with Crippen LogP contribution in [0.1, 0.15) is 30.6 Å². The molecule has 1 aliphatic rings. The Balaban J connectivity index is 1.87. The first kappa shape index (κ1) is 19.2. The van der Waals surface area contributed by atoms with Crippen molar-refractivity contribution in [3.63, 3.8) is 0 Å². The minimum atomic E-state index is -0.331. The first-order valence-corrected chi connectivity index (χ1v) is 9.30. The maximum atomic E-state index is 12.8. The lowest BCUT2D eigenvalue weighted by atomic mass is 10.1. The van der Waals surface area contributed by atoms with Gasteiger partial charge in [-0.2, -0.15) is 0 Å². The number of rotatable bonds is 6. The molecule has 27 heavy (non-hydrogen) atoms. The summed E-state index contributed by atoms with van der Waals surface area (Å²) < 4.78 is 22.4. The van der Waals surface area contributed by atoms with E-state index in [4.69, 9.17) is 30.5 Å². The quantitative estimate of drug-likeness (QED) is 0.782. The summed E-state index contributed by atoms with van der Waals surface area (Å²) in [6.07, 6.45) is 0.758. The Morgan fingerprint density at radius 2 is 1.89 bits per heavy atom. The van der Waals surface area contributed by atoms with E-state index in [1.807, 2.05) is 13.8 Å². The zero-order chi connectivity index (χ0) is 19.2. The van der Waals surface area contributed by atoms with Gasteiger partial charge in [-0.1, -0.05) is 11.6 Å².